The van der Waals surface area contributed by atoms with Crippen molar-refractivity contribution >= 4 is 35.0 Å². The maximum Gasteiger partial charge on any atom is 0.387 e. The van der Waals surface area contributed by atoms with Crippen LogP contribution >= 0.6 is 23.4 Å². The standard InChI is InChI=1S/C24H21ClF2N2O2S/c1-2-22(17-7-11-20(12-8-17)31-24(26)27)28-29-23(30)18-5-3-16(4-6-18)15-32-21-13-9-19(25)10-14-21/h2-14,24,28H,15H2,1H3,(H,29,30)/b22-2-. The molecule has 0 spiro atoms. The van der Waals surface area contributed by atoms with E-state index in [2.05, 4.69) is 15.6 Å². The summed E-state index contributed by atoms with van der Waals surface area (Å²) in [6.07, 6.45) is 1.76. The van der Waals surface area contributed by atoms with Crippen LogP contribution in [0.5, 0.6) is 5.75 Å². The van der Waals surface area contributed by atoms with E-state index in [0.717, 1.165) is 16.2 Å². The summed E-state index contributed by atoms with van der Waals surface area (Å²) < 4.78 is 28.9. The minimum Gasteiger partial charge on any atom is -0.435 e. The highest BCUT2D eigenvalue weighted by Crippen LogP contribution is 2.24. The summed E-state index contributed by atoms with van der Waals surface area (Å²) >= 11 is 7.59. The van der Waals surface area contributed by atoms with Gasteiger partial charge >= 0.3 is 6.61 Å². The fourth-order valence-electron chi connectivity index (χ4n) is 2.77. The van der Waals surface area contributed by atoms with E-state index < -0.39 is 6.61 Å². The Morgan fingerprint density at radius 1 is 0.969 bits per heavy atom. The van der Waals surface area contributed by atoms with E-state index in [1.165, 1.54) is 12.1 Å². The lowest BCUT2D eigenvalue weighted by atomic mass is 10.1. The lowest BCUT2D eigenvalue weighted by molar-refractivity contribution is -0.0498. The third kappa shape index (κ3) is 7.00. The monoisotopic (exact) mass is 474 g/mol. The highest BCUT2D eigenvalue weighted by atomic mass is 35.5. The molecule has 3 aromatic carbocycles. The number of halogens is 3. The van der Waals surface area contributed by atoms with Gasteiger partial charge in [-0.15, -0.1) is 11.8 Å². The number of alkyl halides is 2. The Labute approximate surface area is 194 Å². The van der Waals surface area contributed by atoms with Gasteiger partial charge < -0.3 is 4.74 Å². The number of amides is 1. The zero-order valence-corrected chi connectivity index (χ0v) is 18.7. The molecule has 0 aliphatic heterocycles. The minimum absolute atomic E-state index is 0.0672. The van der Waals surface area contributed by atoms with Gasteiger partial charge in [-0.1, -0.05) is 29.8 Å². The number of allylic oxidation sites excluding steroid dienone is 1. The van der Waals surface area contributed by atoms with Gasteiger partial charge in [0.1, 0.15) is 5.75 Å². The van der Waals surface area contributed by atoms with Crippen LogP contribution in [0.2, 0.25) is 5.02 Å². The molecule has 0 aromatic heterocycles. The summed E-state index contributed by atoms with van der Waals surface area (Å²) in [5.74, 6) is 0.548. The van der Waals surface area contributed by atoms with Gasteiger partial charge in [0.25, 0.3) is 5.91 Å². The van der Waals surface area contributed by atoms with Gasteiger partial charge in [-0.3, -0.25) is 15.6 Å². The van der Waals surface area contributed by atoms with E-state index >= 15 is 0 Å². The molecule has 1 amide bonds. The van der Waals surface area contributed by atoms with Crippen LogP contribution < -0.4 is 15.6 Å². The minimum atomic E-state index is -2.87. The molecule has 0 radical (unpaired) electrons. The van der Waals surface area contributed by atoms with Gasteiger partial charge in [0, 0.05) is 21.2 Å². The molecule has 0 saturated carbocycles. The first-order valence-electron chi connectivity index (χ1n) is 9.70. The Kier molecular flexibility index (Phi) is 8.53. The number of thioether (sulfide) groups is 1. The normalized spacial score (nSPS) is 11.3. The maximum atomic E-state index is 12.5. The summed E-state index contributed by atoms with van der Waals surface area (Å²) in [6, 6.07) is 21.1. The number of ether oxygens (including phenoxy) is 1. The number of carbonyl (C=O) groups excluding carboxylic acids is 1. The van der Waals surface area contributed by atoms with Crippen molar-refractivity contribution in [3.8, 4) is 5.75 Å². The number of hydrogen-bond acceptors (Lipinski definition) is 4. The zero-order chi connectivity index (χ0) is 22.9. The van der Waals surface area contributed by atoms with E-state index in [0.29, 0.717) is 21.8 Å². The topological polar surface area (TPSA) is 50.4 Å². The Morgan fingerprint density at radius 3 is 2.19 bits per heavy atom. The Balaban J connectivity index is 1.52. The number of hydrogen-bond donors (Lipinski definition) is 2. The molecule has 0 saturated heterocycles. The third-order valence-corrected chi connectivity index (χ3v) is 5.76. The van der Waals surface area contributed by atoms with Crippen LogP contribution in [0.25, 0.3) is 5.70 Å². The smallest absolute Gasteiger partial charge is 0.387 e. The van der Waals surface area contributed by atoms with Crippen LogP contribution in [0.1, 0.15) is 28.4 Å². The summed E-state index contributed by atoms with van der Waals surface area (Å²) in [5.41, 5.74) is 8.46. The summed E-state index contributed by atoms with van der Waals surface area (Å²) in [5, 5.41) is 0.706. The van der Waals surface area contributed by atoms with Gasteiger partial charge in [-0.25, -0.2) is 0 Å². The predicted octanol–water partition coefficient (Wildman–Crippen LogP) is 6.53. The fraction of sp³-hybridized carbons (Fsp3) is 0.125. The number of carbonyl (C=O) groups is 1. The van der Waals surface area contributed by atoms with Crippen molar-refractivity contribution in [2.24, 2.45) is 0 Å². The van der Waals surface area contributed by atoms with Gasteiger partial charge in [0.15, 0.2) is 0 Å². The Hall–Kier alpha value is -3.03. The predicted molar refractivity (Wildman–Crippen MR) is 125 cm³/mol. The molecule has 166 valence electrons. The zero-order valence-electron chi connectivity index (χ0n) is 17.1. The van der Waals surface area contributed by atoms with Crippen LogP contribution in [0.15, 0.2) is 83.8 Å². The molecule has 0 aliphatic carbocycles. The van der Waals surface area contributed by atoms with Crippen molar-refractivity contribution in [2.75, 3.05) is 0 Å². The molecule has 0 bridgehead atoms. The first kappa shape index (κ1) is 23.6. The molecule has 2 N–H and O–H groups in total. The van der Waals surface area contributed by atoms with E-state index in [4.69, 9.17) is 11.6 Å². The molecule has 0 heterocycles. The Bertz CT molecular complexity index is 1060. The molecule has 0 unspecified atom stereocenters. The van der Waals surface area contributed by atoms with Crippen LogP contribution in [0, 0.1) is 0 Å². The lowest BCUT2D eigenvalue weighted by Gasteiger charge is -2.13. The van der Waals surface area contributed by atoms with E-state index in [1.54, 1.807) is 49.0 Å². The fourth-order valence-corrected chi connectivity index (χ4v) is 3.75. The molecular weight excluding hydrogens is 454 g/mol. The summed E-state index contributed by atoms with van der Waals surface area (Å²) in [4.78, 5) is 13.6. The van der Waals surface area contributed by atoms with Gasteiger partial charge in [-0.2, -0.15) is 8.78 Å². The first-order valence-corrected chi connectivity index (χ1v) is 11.1. The van der Waals surface area contributed by atoms with Crippen molar-refractivity contribution in [1.82, 2.24) is 10.9 Å². The summed E-state index contributed by atoms with van der Waals surface area (Å²) in [6.45, 7) is -1.08. The molecule has 32 heavy (non-hydrogen) atoms. The molecule has 0 fully saturated rings. The number of nitrogens with one attached hydrogen (secondary N) is 2. The molecule has 3 aromatic rings. The van der Waals surface area contributed by atoms with E-state index in [1.807, 2.05) is 36.4 Å². The van der Waals surface area contributed by atoms with Crippen molar-refractivity contribution in [3.63, 3.8) is 0 Å². The number of hydrazine groups is 1. The van der Waals surface area contributed by atoms with Crippen LogP contribution in [-0.4, -0.2) is 12.5 Å². The highest BCUT2D eigenvalue weighted by molar-refractivity contribution is 7.98. The van der Waals surface area contributed by atoms with Gasteiger partial charge in [0.2, 0.25) is 0 Å². The van der Waals surface area contributed by atoms with Crippen LogP contribution in [0.3, 0.4) is 0 Å². The molecule has 4 nitrogen and oxygen atoms in total. The number of benzene rings is 3. The molecule has 0 atom stereocenters. The SMILES string of the molecule is C/C=C(\NNC(=O)c1ccc(CSc2ccc(Cl)cc2)cc1)c1ccc(OC(F)F)cc1. The largest absolute Gasteiger partial charge is 0.435 e. The van der Waals surface area contributed by atoms with E-state index in [-0.39, 0.29) is 11.7 Å². The quantitative estimate of drug-likeness (QED) is 0.273. The molecule has 3 rings (SSSR count). The van der Waals surface area contributed by atoms with Crippen molar-refractivity contribution in [1.29, 1.82) is 0 Å². The van der Waals surface area contributed by atoms with Crippen molar-refractivity contribution in [3.05, 3.63) is 101 Å². The lowest BCUT2D eigenvalue weighted by Crippen LogP contribution is -2.36. The first-order chi connectivity index (χ1) is 15.4. The van der Waals surface area contributed by atoms with Crippen LogP contribution in [-0.2, 0) is 5.75 Å². The highest BCUT2D eigenvalue weighted by Gasteiger charge is 2.08. The van der Waals surface area contributed by atoms with Crippen LogP contribution in [0.4, 0.5) is 8.78 Å². The van der Waals surface area contributed by atoms with Crippen molar-refractivity contribution in [2.45, 2.75) is 24.2 Å². The average molecular weight is 475 g/mol. The second kappa shape index (κ2) is 11.5. The molecular formula is C24H21ClF2N2O2S. The molecule has 8 heteroatoms. The Morgan fingerprint density at radius 2 is 1.59 bits per heavy atom. The second-order valence-electron chi connectivity index (χ2n) is 6.62. The number of rotatable bonds is 9. The third-order valence-electron chi connectivity index (χ3n) is 4.43. The average Bonchev–Trinajstić information content (AvgIpc) is 2.80. The summed E-state index contributed by atoms with van der Waals surface area (Å²) in [7, 11) is 0. The van der Waals surface area contributed by atoms with Gasteiger partial charge in [0.05, 0.1) is 5.70 Å². The second-order valence-corrected chi connectivity index (χ2v) is 8.11. The van der Waals surface area contributed by atoms with Gasteiger partial charge in [-0.05, 0) is 78.7 Å². The van der Waals surface area contributed by atoms with E-state index in [9.17, 15) is 13.6 Å². The van der Waals surface area contributed by atoms with Crippen molar-refractivity contribution < 1.29 is 18.3 Å². The maximum absolute atomic E-state index is 12.5. The molecule has 0 aliphatic rings.